The van der Waals surface area contributed by atoms with Gasteiger partial charge in [-0.05, 0) is 54.9 Å². The first-order valence-corrected chi connectivity index (χ1v) is 10.1. The first-order valence-electron chi connectivity index (χ1n) is 10.1. The topological polar surface area (TPSA) is 56.4 Å². The van der Waals surface area contributed by atoms with Crippen LogP contribution in [0, 0.1) is 11.8 Å². The van der Waals surface area contributed by atoms with Gasteiger partial charge in [0, 0.05) is 43.2 Å². The number of hydrogen-bond donors (Lipinski definition) is 3. The summed E-state index contributed by atoms with van der Waals surface area (Å²) in [5, 5.41) is 9.45. The van der Waals surface area contributed by atoms with Crippen molar-refractivity contribution in [1.82, 2.24) is 10.6 Å². The van der Waals surface area contributed by atoms with Gasteiger partial charge in [-0.25, -0.2) is 0 Å². The standard InChI is InChI=1S/C22H25F3N4O/c23-22(24,25)17-13-29(14-17)20-7-5-19(6-8-20)28-18-3-1-15(2-4-18)11-27-21(30)16-9-10-26-12-16/h1-8,16-17,26,28H,9-14H2,(H,27,30). The Bertz CT molecular complexity index is 855. The maximum Gasteiger partial charge on any atom is 0.395 e. The summed E-state index contributed by atoms with van der Waals surface area (Å²) in [6.07, 6.45) is -3.23. The Morgan fingerprint density at radius 3 is 2.23 bits per heavy atom. The van der Waals surface area contributed by atoms with Crippen LogP contribution in [-0.4, -0.2) is 38.3 Å². The molecule has 2 aromatic carbocycles. The zero-order valence-electron chi connectivity index (χ0n) is 16.5. The van der Waals surface area contributed by atoms with Crippen molar-refractivity contribution in [3.8, 4) is 0 Å². The van der Waals surface area contributed by atoms with Crippen LogP contribution >= 0.6 is 0 Å². The monoisotopic (exact) mass is 418 g/mol. The number of benzene rings is 2. The molecule has 8 heteroatoms. The molecule has 0 saturated carbocycles. The minimum Gasteiger partial charge on any atom is -0.370 e. The van der Waals surface area contributed by atoms with Gasteiger partial charge in [0.2, 0.25) is 5.91 Å². The zero-order valence-corrected chi connectivity index (χ0v) is 16.5. The number of nitrogens with one attached hydrogen (secondary N) is 3. The van der Waals surface area contributed by atoms with E-state index in [9.17, 15) is 18.0 Å². The van der Waals surface area contributed by atoms with Crippen LogP contribution in [0.1, 0.15) is 12.0 Å². The molecule has 30 heavy (non-hydrogen) atoms. The molecule has 1 amide bonds. The summed E-state index contributed by atoms with van der Waals surface area (Å²) < 4.78 is 37.9. The van der Waals surface area contributed by atoms with Crippen LogP contribution in [0.4, 0.5) is 30.2 Å². The van der Waals surface area contributed by atoms with Crippen LogP contribution in [0.5, 0.6) is 0 Å². The number of hydrogen-bond acceptors (Lipinski definition) is 4. The second kappa shape index (κ2) is 8.55. The number of nitrogens with zero attached hydrogens (tertiary/aromatic N) is 1. The van der Waals surface area contributed by atoms with Gasteiger partial charge in [-0.1, -0.05) is 12.1 Å². The first kappa shape index (κ1) is 20.5. The Balaban J connectivity index is 1.26. The van der Waals surface area contributed by atoms with Crippen molar-refractivity contribution in [3.63, 3.8) is 0 Å². The number of halogens is 3. The van der Waals surface area contributed by atoms with Crippen molar-refractivity contribution in [2.75, 3.05) is 36.4 Å². The normalized spacial score (nSPS) is 19.4. The van der Waals surface area contributed by atoms with Crippen molar-refractivity contribution in [2.45, 2.75) is 19.1 Å². The summed E-state index contributed by atoms with van der Waals surface area (Å²) in [5.74, 6) is -1.08. The van der Waals surface area contributed by atoms with E-state index in [2.05, 4.69) is 16.0 Å². The second-order valence-electron chi connectivity index (χ2n) is 7.92. The molecule has 2 aromatic rings. The summed E-state index contributed by atoms with van der Waals surface area (Å²) >= 11 is 0. The Kier molecular flexibility index (Phi) is 5.85. The second-order valence-corrected chi connectivity index (χ2v) is 7.92. The zero-order chi connectivity index (χ0) is 21.1. The number of carbonyl (C=O) groups excluding carboxylic acids is 1. The lowest BCUT2D eigenvalue weighted by molar-refractivity contribution is -0.180. The SMILES string of the molecule is O=C(NCc1ccc(Nc2ccc(N3CC(C(F)(F)F)C3)cc2)cc1)C1CCNC1. The van der Waals surface area contributed by atoms with E-state index in [4.69, 9.17) is 0 Å². The van der Waals surface area contributed by atoms with Gasteiger partial charge < -0.3 is 20.9 Å². The Morgan fingerprint density at radius 2 is 1.67 bits per heavy atom. The van der Waals surface area contributed by atoms with E-state index in [1.54, 1.807) is 4.90 Å². The summed E-state index contributed by atoms with van der Waals surface area (Å²) in [5.41, 5.74) is 3.58. The molecule has 2 aliphatic heterocycles. The largest absolute Gasteiger partial charge is 0.395 e. The third-order valence-corrected chi connectivity index (χ3v) is 5.72. The molecule has 1 atom stereocenters. The van der Waals surface area contributed by atoms with Crippen molar-refractivity contribution in [1.29, 1.82) is 0 Å². The van der Waals surface area contributed by atoms with Crippen LogP contribution in [0.2, 0.25) is 0 Å². The average Bonchev–Trinajstić information content (AvgIpc) is 3.21. The molecule has 2 heterocycles. The molecule has 2 fully saturated rings. The maximum absolute atomic E-state index is 12.6. The van der Waals surface area contributed by atoms with Crippen molar-refractivity contribution >= 4 is 23.0 Å². The minimum atomic E-state index is -4.11. The number of rotatable bonds is 6. The Hall–Kier alpha value is -2.74. The molecule has 2 saturated heterocycles. The third-order valence-electron chi connectivity index (χ3n) is 5.72. The van der Waals surface area contributed by atoms with Gasteiger partial charge in [0.25, 0.3) is 0 Å². The summed E-state index contributed by atoms with van der Waals surface area (Å²) in [6.45, 7) is 2.18. The highest BCUT2D eigenvalue weighted by molar-refractivity contribution is 5.79. The van der Waals surface area contributed by atoms with Gasteiger partial charge in [-0.2, -0.15) is 13.2 Å². The van der Waals surface area contributed by atoms with E-state index >= 15 is 0 Å². The molecule has 160 valence electrons. The van der Waals surface area contributed by atoms with E-state index in [0.29, 0.717) is 6.54 Å². The lowest BCUT2D eigenvalue weighted by atomic mass is 9.98. The van der Waals surface area contributed by atoms with Gasteiger partial charge >= 0.3 is 6.18 Å². The van der Waals surface area contributed by atoms with Crippen molar-refractivity contribution < 1.29 is 18.0 Å². The Morgan fingerprint density at radius 1 is 1.03 bits per heavy atom. The highest BCUT2D eigenvalue weighted by Crippen LogP contribution is 2.36. The summed E-state index contributed by atoms with van der Waals surface area (Å²) in [4.78, 5) is 13.8. The van der Waals surface area contributed by atoms with Crippen molar-refractivity contribution in [3.05, 3.63) is 54.1 Å². The van der Waals surface area contributed by atoms with E-state index in [0.717, 1.165) is 42.1 Å². The summed E-state index contributed by atoms with van der Waals surface area (Å²) in [7, 11) is 0. The van der Waals surface area contributed by atoms with E-state index in [1.165, 1.54) is 0 Å². The van der Waals surface area contributed by atoms with Gasteiger partial charge in [-0.3, -0.25) is 4.79 Å². The molecule has 3 N–H and O–H groups in total. The lowest BCUT2D eigenvalue weighted by Crippen LogP contribution is -2.53. The fourth-order valence-corrected chi connectivity index (χ4v) is 3.74. The van der Waals surface area contributed by atoms with E-state index in [-0.39, 0.29) is 24.9 Å². The van der Waals surface area contributed by atoms with Crippen LogP contribution in [0.3, 0.4) is 0 Å². The predicted molar refractivity (Wildman–Crippen MR) is 111 cm³/mol. The quantitative estimate of drug-likeness (QED) is 0.670. The van der Waals surface area contributed by atoms with Gasteiger partial charge in [0.05, 0.1) is 11.8 Å². The average molecular weight is 418 g/mol. The molecular formula is C22H25F3N4O. The molecule has 0 aliphatic carbocycles. The first-order chi connectivity index (χ1) is 14.4. The van der Waals surface area contributed by atoms with E-state index in [1.807, 2.05) is 48.5 Å². The van der Waals surface area contributed by atoms with E-state index < -0.39 is 12.1 Å². The Labute approximate surface area is 173 Å². The van der Waals surface area contributed by atoms with Crippen LogP contribution < -0.4 is 20.9 Å². The van der Waals surface area contributed by atoms with Crippen LogP contribution in [0.15, 0.2) is 48.5 Å². The number of carbonyl (C=O) groups is 1. The molecule has 5 nitrogen and oxygen atoms in total. The van der Waals surface area contributed by atoms with Crippen LogP contribution in [-0.2, 0) is 11.3 Å². The predicted octanol–water partition coefficient (Wildman–Crippen LogP) is 3.65. The summed E-state index contributed by atoms with van der Waals surface area (Å²) in [6, 6.07) is 15.2. The molecule has 1 unspecified atom stereocenters. The minimum absolute atomic E-state index is 0.0194. The molecule has 0 radical (unpaired) electrons. The van der Waals surface area contributed by atoms with Gasteiger partial charge in [0.15, 0.2) is 0 Å². The molecule has 4 rings (SSSR count). The number of alkyl halides is 3. The molecular weight excluding hydrogens is 393 g/mol. The third kappa shape index (κ3) is 4.87. The number of anilines is 3. The highest BCUT2D eigenvalue weighted by atomic mass is 19.4. The van der Waals surface area contributed by atoms with Crippen LogP contribution in [0.25, 0.3) is 0 Å². The smallest absolute Gasteiger partial charge is 0.370 e. The lowest BCUT2D eigenvalue weighted by Gasteiger charge is -2.41. The fourth-order valence-electron chi connectivity index (χ4n) is 3.74. The molecule has 0 spiro atoms. The number of amides is 1. The van der Waals surface area contributed by atoms with Crippen molar-refractivity contribution in [2.24, 2.45) is 11.8 Å². The molecule has 0 aromatic heterocycles. The fraction of sp³-hybridized carbons (Fsp3) is 0.409. The van der Waals surface area contributed by atoms with Gasteiger partial charge in [-0.15, -0.1) is 0 Å². The maximum atomic E-state index is 12.6. The highest BCUT2D eigenvalue weighted by Gasteiger charge is 2.47. The molecule has 2 aliphatic rings. The van der Waals surface area contributed by atoms with Gasteiger partial charge in [0.1, 0.15) is 0 Å². The molecule has 0 bridgehead atoms.